The summed E-state index contributed by atoms with van der Waals surface area (Å²) in [6, 6.07) is 7.94. The van der Waals surface area contributed by atoms with E-state index in [1.165, 1.54) is 28.3 Å². The molecular formula is C16H23N3O3S. The molecule has 0 aromatic heterocycles. The van der Waals surface area contributed by atoms with Crippen LogP contribution in [0.2, 0.25) is 0 Å². The number of fused-ring (bicyclic) bond motifs is 1. The number of amides is 1. The molecule has 1 aromatic carbocycles. The van der Waals surface area contributed by atoms with Gasteiger partial charge in [0.05, 0.1) is 5.92 Å². The van der Waals surface area contributed by atoms with Crippen LogP contribution in [0.4, 0.5) is 5.69 Å². The van der Waals surface area contributed by atoms with Gasteiger partial charge < -0.3 is 4.90 Å². The van der Waals surface area contributed by atoms with Crippen LogP contribution in [0.5, 0.6) is 0 Å². The summed E-state index contributed by atoms with van der Waals surface area (Å²) in [4.78, 5) is 14.7. The first kappa shape index (κ1) is 16.4. The summed E-state index contributed by atoms with van der Waals surface area (Å²) in [7, 11) is -0.404. The van der Waals surface area contributed by atoms with E-state index in [0.717, 1.165) is 24.9 Å². The van der Waals surface area contributed by atoms with Crippen LogP contribution in [0, 0.1) is 5.92 Å². The average molecular weight is 337 g/mol. The summed E-state index contributed by atoms with van der Waals surface area (Å²) in [5.74, 6) is -0.210. The van der Waals surface area contributed by atoms with Crippen LogP contribution in [0.15, 0.2) is 24.3 Å². The van der Waals surface area contributed by atoms with Crippen molar-refractivity contribution in [3.8, 4) is 0 Å². The van der Waals surface area contributed by atoms with E-state index < -0.39 is 10.2 Å². The van der Waals surface area contributed by atoms with Crippen LogP contribution < -0.4 is 4.90 Å². The molecule has 126 valence electrons. The number of nitrogens with zero attached hydrogens (tertiary/aromatic N) is 3. The largest absolute Gasteiger partial charge is 0.312 e. The average Bonchev–Trinajstić information content (AvgIpc) is 2.98. The summed E-state index contributed by atoms with van der Waals surface area (Å²) in [5.41, 5.74) is 2.17. The van der Waals surface area contributed by atoms with Gasteiger partial charge in [-0.3, -0.25) is 4.79 Å². The van der Waals surface area contributed by atoms with Gasteiger partial charge in [0, 0.05) is 39.4 Å². The van der Waals surface area contributed by atoms with E-state index in [1.54, 1.807) is 0 Å². The molecule has 0 aliphatic carbocycles. The Morgan fingerprint density at radius 1 is 1.22 bits per heavy atom. The minimum Gasteiger partial charge on any atom is -0.312 e. The lowest BCUT2D eigenvalue weighted by Crippen LogP contribution is -2.49. The number of hydrogen-bond donors (Lipinski definition) is 0. The van der Waals surface area contributed by atoms with Gasteiger partial charge in [-0.05, 0) is 30.9 Å². The van der Waals surface area contributed by atoms with Gasteiger partial charge in [0.15, 0.2) is 0 Å². The van der Waals surface area contributed by atoms with Crippen LogP contribution in [0.1, 0.15) is 18.4 Å². The normalized spacial score (nSPS) is 22.4. The fourth-order valence-corrected chi connectivity index (χ4v) is 4.56. The fourth-order valence-electron chi connectivity index (χ4n) is 3.37. The summed E-state index contributed by atoms with van der Waals surface area (Å²) >= 11 is 0. The molecule has 2 heterocycles. The number of rotatable bonds is 3. The van der Waals surface area contributed by atoms with Gasteiger partial charge in [0.25, 0.3) is 10.2 Å². The van der Waals surface area contributed by atoms with Gasteiger partial charge in [-0.25, -0.2) is 0 Å². The number of anilines is 1. The summed E-state index contributed by atoms with van der Waals surface area (Å²) in [5, 5.41) is 0. The van der Waals surface area contributed by atoms with Crippen LogP contribution >= 0.6 is 0 Å². The molecule has 2 aliphatic heterocycles. The maximum absolute atomic E-state index is 12.9. The third kappa shape index (κ3) is 3.00. The van der Waals surface area contributed by atoms with Gasteiger partial charge >= 0.3 is 0 Å². The topological polar surface area (TPSA) is 60.9 Å². The number of carbonyl (C=O) groups is 1. The highest BCUT2D eigenvalue weighted by atomic mass is 32.2. The minimum absolute atomic E-state index is 0.0496. The van der Waals surface area contributed by atoms with Gasteiger partial charge in [-0.1, -0.05) is 18.2 Å². The molecule has 0 saturated carbocycles. The predicted molar refractivity (Wildman–Crippen MR) is 89.4 cm³/mol. The van der Waals surface area contributed by atoms with Crippen LogP contribution in [0.25, 0.3) is 0 Å². The summed E-state index contributed by atoms with van der Waals surface area (Å²) < 4.78 is 27.2. The van der Waals surface area contributed by atoms with Crippen molar-refractivity contribution in [2.24, 2.45) is 5.92 Å². The number of piperidine rings is 1. The Morgan fingerprint density at radius 2 is 1.96 bits per heavy atom. The third-order valence-electron chi connectivity index (χ3n) is 4.67. The molecule has 23 heavy (non-hydrogen) atoms. The highest BCUT2D eigenvalue weighted by Gasteiger charge is 2.36. The first-order chi connectivity index (χ1) is 10.9. The second-order valence-electron chi connectivity index (χ2n) is 6.36. The zero-order chi connectivity index (χ0) is 16.6. The Labute approximate surface area is 137 Å². The molecule has 0 bridgehead atoms. The zero-order valence-electron chi connectivity index (χ0n) is 13.6. The van der Waals surface area contributed by atoms with Crippen molar-refractivity contribution in [3.63, 3.8) is 0 Å². The summed E-state index contributed by atoms with van der Waals surface area (Å²) in [6.07, 6.45) is 2.34. The minimum atomic E-state index is -3.45. The number of para-hydroxylation sites is 1. The molecule has 6 nitrogen and oxygen atoms in total. The van der Waals surface area contributed by atoms with E-state index >= 15 is 0 Å². The van der Waals surface area contributed by atoms with E-state index in [2.05, 4.69) is 0 Å². The van der Waals surface area contributed by atoms with E-state index in [-0.39, 0.29) is 18.4 Å². The lowest BCUT2D eigenvalue weighted by Gasteiger charge is -2.34. The monoisotopic (exact) mass is 337 g/mol. The molecule has 3 rings (SSSR count). The molecule has 0 spiro atoms. The van der Waals surface area contributed by atoms with Gasteiger partial charge in [0.2, 0.25) is 5.91 Å². The smallest absolute Gasteiger partial charge is 0.281 e. The van der Waals surface area contributed by atoms with Crippen molar-refractivity contribution in [2.75, 3.05) is 38.6 Å². The molecule has 0 N–H and O–H groups in total. The van der Waals surface area contributed by atoms with Crippen molar-refractivity contribution in [3.05, 3.63) is 29.8 Å². The predicted octanol–water partition coefficient (Wildman–Crippen LogP) is 1.09. The Bertz CT molecular complexity index is 702. The molecule has 1 fully saturated rings. The highest BCUT2D eigenvalue weighted by molar-refractivity contribution is 7.86. The fraction of sp³-hybridized carbons (Fsp3) is 0.562. The molecule has 1 atom stereocenters. The molecule has 1 aromatic rings. The Kier molecular flexibility index (Phi) is 4.44. The van der Waals surface area contributed by atoms with Crippen molar-refractivity contribution in [1.29, 1.82) is 0 Å². The molecule has 1 saturated heterocycles. The maximum atomic E-state index is 12.9. The Morgan fingerprint density at radius 3 is 2.70 bits per heavy atom. The molecule has 7 heteroatoms. The summed E-state index contributed by atoms with van der Waals surface area (Å²) in [6.45, 7) is 1.45. The second kappa shape index (κ2) is 6.22. The lowest BCUT2D eigenvalue weighted by molar-refractivity contribution is -0.123. The highest BCUT2D eigenvalue weighted by Crippen LogP contribution is 2.31. The Hall–Kier alpha value is -1.44. The maximum Gasteiger partial charge on any atom is 0.281 e. The van der Waals surface area contributed by atoms with Crippen molar-refractivity contribution >= 4 is 21.8 Å². The van der Waals surface area contributed by atoms with Gasteiger partial charge in [-0.15, -0.1) is 0 Å². The Balaban J connectivity index is 1.76. The van der Waals surface area contributed by atoms with Crippen LogP contribution in [0.3, 0.4) is 0 Å². The van der Waals surface area contributed by atoms with Crippen molar-refractivity contribution in [1.82, 2.24) is 8.61 Å². The number of hydrogen-bond acceptors (Lipinski definition) is 3. The van der Waals surface area contributed by atoms with Crippen molar-refractivity contribution in [2.45, 2.75) is 19.3 Å². The third-order valence-corrected chi connectivity index (χ3v) is 6.58. The standard InChI is InChI=1S/C16H23N3O3S/c1-17(2)23(21,22)18-10-5-7-14(12-18)16(20)19-11-9-13-6-3-4-8-15(13)19/h3-4,6,8,14H,5,7,9-12H2,1-2H3/t14-/m0/s1. The molecule has 0 radical (unpaired) electrons. The van der Waals surface area contributed by atoms with Crippen LogP contribution in [-0.4, -0.2) is 56.7 Å². The lowest BCUT2D eigenvalue weighted by atomic mass is 9.98. The van der Waals surface area contributed by atoms with E-state index in [4.69, 9.17) is 0 Å². The van der Waals surface area contributed by atoms with Gasteiger partial charge in [-0.2, -0.15) is 17.0 Å². The van der Waals surface area contributed by atoms with Crippen molar-refractivity contribution < 1.29 is 13.2 Å². The SMILES string of the molecule is CN(C)S(=O)(=O)N1CCC[C@H](C(=O)N2CCc3ccccc32)C1. The first-order valence-corrected chi connectivity index (χ1v) is 9.38. The first-order valence-electron chi connectivity index (χ1n) is 7.98. The second-order valence-corrected chi connectivity index (χ2v) is 8.50. The van der Waals surface area contributed by atoms with E-state index in [0.29, 0.717) is 13.1 Å². The number of carbonyl (C=O) groups excluding carboxylic acids is 1. The molecule has 0 unspecified atom stereocenters. The zero-order valence-corrected chi connectivity index (χ0v) is 14.4. The van der Waals surface area contributed by atoms with E-state index in [1.807, 2.05) is 29.2 Å². The van der Waals surface area contributed by atoms with Crippen LogP contribution in [-0.2, 0) is 21.4 Å². The quantitative estimate of drug-likeness (QED) is 0.830. The number of benzene rings is 1. The molecule has 2 aliphatic rings. The van der Waals surface area contributed by atoms with E-state index in [9.17, 15) is 13.2 Å². The molecule has 1 amide bonds. The van der Waals surface area contributed by atoms with Gasteiger partial charge in [0.1, 0.15) is 0 Å². The molecular weight excluding hydrogens is 314 g/mol.